The fourth-order valence-electron chi connectivity index (χ4n) is 9.86. The first-order valence-electron chi connectivity index (χ1n) is 24.4. The molecule has 76 heavy (non-hydrogen) atoms. The molecule has 19 N–H and O–H groups in total. The maximum atomic E-state index is 12.5. The largest absolute Gasteiger partial charge is 0.394 e. The van der Waals surface area contributed by atoms with Crippen molar-refractivity contribution in [3.63, 3.8) is 0 Å². The van der Waals surface area contributed by atoms with E-state index in [0.29, 0.717) is 0 Å². The highest BCUT2D eigenvalue weighted by Crippen LogP contribution is 2.36. The molecule has 30 atom stereocenters. The Morgan fingerprint density at radius 2 is 0.671 bits per heavy atom. The third kappa shape index (κ3) is 13.7. The minimum Gasteiger partial charge on any atom is -0.394 e. The van der Waals surface area contributed by atoms with Crippen molar-refractivity contribution < 1.29 is 148 Å². The van der Waals surface area contributed by atoms with Crippen LogP contribution in [0.2, 0.25) is 0 Å². The van der Waals surface area contributed by atoms with Crippen LogP contribution < -0.4 is 16.0 Å². The maximum Gasteiger partial charge on any atom is 0.217 e. The number of rotatable bonds is 19. The van der Waals surface area contributed by atoms with Gasteiger partial charge in [0.15, 0.2) is 31.5 Å². The zero-order valence-corrected chi connectivity index (χ0v) is 41.4. The molecule has 6 saturated heterocycles. The lowest BCUT2D eigenvalue weighted by atomic mass is 9.92. The Morgan fingerprint density at radius 1 is 0.355 bits per heavy atom. The quantitative estimate of drug-likeness (QED) is 0.0571. The second-order valence-electron chi connectivity index (χ2n) is 19.3. The minimum absolute atomic E-state index is 0.542. The number of hydrogen-bond donors (Lipinski definition) is 19. The molecule has 3 amide bonds. The summed E-state index contributed by atoms with van der Waals surface area (Å²) < 4.78 is 63.9. The van der Waals surface area contributed by atoms with E-state index in [1.807, 2.05) is 0 Å². The normalized spacial score (nSPS) is 48.2. The van der Waals surface area contributed by atoms with E-state index in [1.165, 1.54) is 13.8 Å². The number of ether oxygens (including phenoxy) is 11. The molecule has 6 aliphatic heterocycles. The van der Waals surface area contributed by atoms with E-state index in [9.17, 15) is 96.1 Å². The smallest absolute Gasteiger partial charge is 0.217 e. The molecule has 0 aliphatic carbocycles. The van der Waals surface area contributed by atoms with Gasteiger partial charge < -0.3 is 150 Å². The van der Waals surface area contributed by atoms with Crippen LogP contribution in [0.5, 0.6) is 0 Å². The van der Waals surface area contributed by atoms with E-state index in [4.69, 9.17) is 52.1 Å². The van der Waals surface area contributed by atoms with Crippen LogP contribution in [0.25, 0.3) is 0 Å². The van der Waals surface area contributed by atoms with Crippen LogP contribution in [0.3, 0.4) is 0 Å². The first-order chi connectivity index (χ1) is 35.9. The average Bonchev–Trinajstić information content (AvgIpc) is 3.38. The van der Waals surface area contributed by atoms with Crippen molar-refractivity contribution in [3.05, 3.63) is 0 Å². The summed E-state index contributed by atoms with van der Waals surface area (Å²) >= 11 is 0. The van der Waals surface area contributed by atoms with Gasteiger partial charge in [-0.2, -0.15) is 0 Å². The SMILES string of the molecule is CC(=O)NC1C(O)[C@H](O[C@@H]2OC(CO)[C@H](O)[C@H](O)C2O)C(CO)O[C@H]1OC1[C@@H](OCC2O[C@@H](O[C@@H]3C(CO)O[C@@H](O[C@@H]4C(CO)O[C@@H](C)C(NC(C)=O)[C@H]4O)C(NC(C)=O)[C@H]3O)C(O)[C@@H](O)[C@@H]2O)OC(CO)[C@@H](O)[C@@H]1O. The van der Waals surface area contributed by atoms with Gasteiger partial charge in [0, 0.05) is 20.8 Å². The number of hydrogen-bond acceptors (Lipinski definition) is 30. The highest BCUT2D eigenvalue weighted by atomic mass is 16.8. The van der Waals surface area contributed by atoms with Crippen LogP contribution in [0.4, 0.5) is 0 Å². The second-order valence-corrected chi connectivity index (χ2v) is 19.3. The fourth-order valence-corrected chi connectivity index (χ4v) is 9.86. The molecule has 6 aliphatic rings. The van der Waals surface area contributed by atoms with Gasteiger partial charge in [-0.25, -0.2) is 0 Å². The maximum absolute atomic E-state index is 12.5. The Morgan fingerprint density at radius 3 is 1.09 bits per heavy atom. The summed E-state index contributed by atoms with van der Waals surface area (Å²) in [5.41, 5.74) is 0. The number of nitrogens with one attached hydrogen (secondary N) is 3. The van der Waals surface area contributed by atoms with Crippen LogP contribution in [0.1, 0.15) is 27.7 Å². The molecule has 6 rings (SSSR count). The minimum atomic E-state index is -2.13. The molecule has 0 radical (unpaired) electrons. The van der Waals surface area contributed by atoms with Gasteiger partial charge in [-0.05, 0) is 6.92 Å². The molecule has 13 unspecified atom stereocenters. The Bertz CT molecular complexity index is 1870. The van der Waals surface area contributed by atoms with E-state index < -0.39 is 241 Å². The van der Waals surface area contributed by atoms with Crippen LogP contribution >= 0.6 is 0 Å². The van der Waals surface area contributed by atoms with Crippen LogP contribution in [0, 0.1) is 0 Å². The van der Waals surface area contributed by atoms with Gasteiger partial charge >= 0.3 is 0 Å². The van der Waals surface area contributed by atoms with Gasteiger partial charge in [-0.15, -0.1) is 0 Å². The number of aliphatic hydroxyl groups is 16. The number of carbonyl (C=O) groups excluding carboxylic acids is 3. The van der Waals surface area contributed by atoms with Crippen LogP contribution in [-0.2, 0) is 66.5 Å². The molecule has 33 heteroatoms. The molecule has 0 aromatic carbocycles. The van der Waals surface area contributed by atoms with Gasteiger partial charge in [-0.1, -0.05) is 0 Å². The Balaban J connectivity index is 1.19. The Labute approximate surface area is 432 Å². The molecule has 0 aromatic rings. The summed E-state index contributed by atoms with van der Waals surface area (Å²) in [6, 6.07) is -4.42. The van der Waals surface area contributed by atoms with Gasteiger partial charge in [0.05, 0.1) is 51.8 Å². The van der Waals surface area contributed by atoms with Gasteiger partial charge in [0.25, 0.3) is 0 Å². The monoisotopic (exact) mass is 1110 g/mol. The average molecular weight is 1110 g/mol. The number of amides is 3. The lowest BCUT2D eigenvalue weighted by molar-refractivity contribution is -0.379. The molecule has 33 nitrogen and oxygen atoms in total. The summed E-state index contributed by atoms with van der Waals surface area (Å²) in [6.45, 7) is -0.577. The molecule has 440 valence electrons. The van der Waals surface area contributed by atoms with Crippen molar-refractivity contribution in [3.8, 4) is 0 Å². The Kier molecular flexibility index (Phi) is 22.4. The first kappa shape index (κ1) is 62.5. The van der Waals surface area contributed by atoms with Crippen LogP contribution in [0.15, 0.2) is 0 Å². The summed E-state index contributed by atoms with van der Waals surface area (Å²) in [5, 5.41) is 179. The summed E-state index contributed by atoms with van der Waals surface area (Å²) in [4.78, 5) is 36.9. The van der Waals surface area contributed by atoms with Crippen LogP contribution in [-0.4, -0.2) is 323 Å². The number of carbonyl (C=O) groups is 3. The van der Waals surface area contributed by atoms with Gasteiger partial charge in [0.1, 0.15) is 140 Å². The highest BCUT2D eigenvalue weighted by Gasteiger charge is 2.57. The fraction of sp³-hybridized carbons (Fsp3) is 0.930. The predicted octanol–water partition coefficient (Wildman–Crippen LogP) is -12.6. The molecule has 6 fully saturated rings. The first-order valence-corrected chi connectivity index (χ1v) is 24.4. The van der Waals surface area contributed by atoms with E-state index in [0.717, 1.165) is 13.8 Å². The van der Waals surface area contributed by atoms with Crippen molar-refractivity contribution in [2.45, 2.75) is 212 Å². The summed E-state index contributed by atoms with van der Waals surface area (Å²) in [6.07, 6.45) is -48.2. The molecular formula is C43H73N3O30. The van der Waals surface area contributed by atoms with Crippen molar-refractivity contribution >= 4 is 17.7 Å². The lowest BCUT2D eigenvalue weighted by Crippen LogP contribution is -2.70. The summed E-state index contributed by atoms with van der Waals surface area (Å²) in [5.74, 6) is -2.13. The molecule has 0 spiro atoms. The van der Waals surface area contributed by atoms with E-state index in [2.05, 4.69) is 16.0 Å². The molecule has 6 heterocycles. The topological polar surface area (TPSA) is 513 Å². The van der Waals surface area contributed by atoms with E-state index in [1.54, 1.807) is 0 Å². The van der Waals surface area contributed by atoms with E-state index >= 15 is 0 Å². The molecule has 0 bridgehead atoms. The van der Waals surface area contributed by atoms with Crippen molar-refractivity contribution in [1.29, 1.82) is 0 Å². The standard InChI is InChI=1S/C43H73N3O30/c1-11-21(44-12(2)52)27(58)35(17(7-49)67-11)73-39-22(45-13(3)53)28(59)37(18(8-50)70-39)75-42-34(65)31(62)26(57)20(72-42)10-66-43-38(32(63)25(56)16(6-48)69-43)76-40-23(46-14(4)54)29(60)36(19(9-51)71-40)74-41-33(64)30(61)24(55)15(5-47)68-41/h11,15-43,47-51,55-65H,5-10H2,1-4H3,(H,44,52)(H,45,53)(H,46,54)/t11-,15?,16?,17?,18?,19?,20?,21?,22?,23?,24-,25+,26+,27+,28+,29?,30-,31-,32-,33?,34?,35+,36+,37+,38?,39-,40-,41-,42-,43-/m0/s1. The van der Waals surface area contributed by atoms with Crippen molar-refractivity contribution in [1.82, 2.24) is 16.0 Å². The number of aliphatic hydroxyl groups excluding tert-OH is 16. The molecular weight excluding hydrogens is 1040 g/mol. The molecule has 0 aromatic heterocycles. The van der Waals surface area contributed by atoms with E-state index in [-0.39, 0.29) is 0 Å². The zero-order chi connectivity index (χ0) is 56.2. The third-order valence-electron chi connectivity index (χ3n) is 13.9. The van der Waals surface area contributed by atoms with Crippen molar-refractivity contribution in [2.24, 2.45) is 0 Å². The van der Waals surface area contributed by atoms with Gasteiger partial charge in [-0.3, -0.25) is 14.4 Å². The van der Waals surface area contributed by atoms with Gasteiger partial charge in [0.2, 0.25) is 17.7 Å². The second kappa shape index (κ2) is 27.2. The predicted molar refractivity (Wildman–Crippen MR) is 237 cm³/mol. The van der Waals surface area contributed by atoms with Crippen molar-refractivity contribution in [2.75, 3.05) is 39.6 Å². The third-order valence-corrected chi connectivity index (χ3v) is 13.9. The molecule has 0 saturated carbocycles. The zero-order valence-electron chi connectivity index (χ0n) is 41.4. The lowest BCUT2D eigenvalue weighted by Gasteiger charge is -2.50. The Hall–Kier alpha value is -2.67. The summed E-state index contributed by atoms with van der Waals surface area (Å²) in [7, 11) is 0. The highest BCUT2D eigenvalue weighted by molar-refractivity contribution is 5.74.